The van der Waals surface area contributed by atoms with Gasteiger partial charge in [-0.05, 0) is 25.1 Å². The molecule has 17 heavy (non-hydrogen) atoms. The molecule has 0 unspecified atom stereocenters. The maximum Gasteiger partial charge on any atom is 0.372 e. The number of hydrogen-bond donors (Lipinski definition) is 1. The number of fused-ring (bicyclic) bond motifs is 1. The number of carboxylic acids is 1. The van der Waals surface area contributed by atoms with Gasteiger partial charge < -0.3 is 14.3 Å². The van der Waals surface area contributed by atoms with E-state index in [9.17, 15) is 9.59 Å². The van der Waals surface area contributed by atoms with E-state index in [4.69, 9.17) is 9.52 Å². The third-order valence-electron chi connectivity index (χ3n) is 2.55. The lowest BCUT2D eigenvalue weighted by molar-refractivity contribution is 0.0599. The highest BCUT2D eigenvalue weighted by atomic mass is 16.5. The minimum absolute atomic E-state index is 0.109. The van der Waals surface area contributed by atoms with Crippen LogP contribution in [0.15, 0.2) is 22.6 Å². The zero-order valence-electron chi connectivity index (χ0n) is 9.31. The molecule has 5 heteroatoms. The second-order valence-electron chi connectivity index (χ2n) is 3.56. The van der Waals surface area contributed by atoms with E-state index in [0.717, 1.165) is 0 Å². The first kappa shape index (κ1) is 11.2. The van der Waals surface area contributed by atoms with Gasteiger partial charge in [-0.25, -0.2) is 9.59 Å². The van der Waals surface area contributed by atoms with Crippen LogP contribution < -0.4 is 0 Å². The lowest BCUT2D eigenvalue weighted by atomic mass is 10.1. The van der Waals surface area contributed by atoms with Gasteiger partial charge in [-0.2, -0.15) is 0 Å². The van der Waals surface area contributed by atoms with Crippen molar-refractivity contribution in [2.75, 3.05) is 7.11 Å². The number of methoxy groups -OCH3 is 1. The maximum atomic E-state index is 11.3. The molecule has 0 spiro atoms. The number of carbonyl (C=O) groups is 2. The molecule has 0 saturated carbocycles. The average molecular weight is 234 g/mol. The molecule has 0 aliphatic carbocycles. The highest BCUT2D eigenvalue weighted by molar-refractivity contribution is 5.99. The predicted octanol–water partition coefficient (Wildman–Crippen LogP) is 2.23. The maximum absolute atomic E-state index is 11.3. The Morgan fingerprint density at radius 3 is 2.65 bits per heavy atom. The van der Waals surface area contributed by atoms with Crippen LogP contribution in [0.2, 0.25) is 0 Å². The van der Waals surface area contributed by atoms with Gasteiger partial charge in [0.15, 0.2) is 0 Å². The molecule has 0 aliphatic heterocycles. The quantitative estimate of drug-likeness (QED) is 0.806. The number of benzene rings is 1. The van der Waals surface area contributed by atoms with Crippen molar-refractivity contribution in [1.82, 2.24) is 0 Å². The van der Waals surface area contributed by atoms with E-state index in [1.54, 1.807) is 19.1 Å². The van der Waals surface area contributed by atoms with E-state index in [1.807, 2.05) is 0 Å². The highest BCUT2D eigenvalue weighted by Crippen LogP contribution is 2.26. The predicted molar refractivity (Wildman–Crippen MR) is 59.2 cm³/mol. The molecule has 0 saturated heterocycles. The zero-order chi connectivity index (χ0) is 12.6. The Bertz CT molecular complexity index is 609. The summed E-state index contributed by atoms with van der Waals surface area (Å²) in [6, 6.07) is 4.65. The molecule has 0 amide bonds. The first-order valence-electron chi connectivity index (χ1n) is 4.89. The molecular weight excluding hydrogens is 224 g/mol. The molecule has 0 fully saturated rings. The number of aromatic carboxylic acids is 1. The van der Waals surface area contributed by atoms with Crippen LogP contribution >= 0.6 is 0 Å². The van der Waals surface area contributed by atoms with Crippen LogP contribution in [0.25, 0.3) is 11.0 Å². The van der Waals surface area contributed by atoms with Crippen molar-refractivity contribution in [3.63, 3.8) is 0 Å². The van der Waals surface area contributed by atoms with Gasteiger partial charge in [0.1, 0.15) is 5.58 Å². The van der Waals surface area contributed by atoms with Crippen molar-refractivity contribution in [3.05, 3.63) is 35.1 Å². The molecule has 0 atom stereocenters. The monoisotopic (exact) mass is 234 g/mol. The minimum atomic E-state index is -1.13. The summed E-state index contributed by atoms with van der Waals surface area (Å²) < 4.78 is 9.77. The number of aryl methyl sites for hydroxylation is 1. The van der Waals surface area contributed by atoms with Crippen LogP contribution in [-0.2, 0) is 4.74 Å². The molecule has 1 aromatic carbocycles. The van der Waals surface area contributed by atoms with Gasteiger partial charge in [-0.3, -0.25) is 0 Å². The smallest absolute Gasteiger partial charge is 0.372 e. The van der Waals surface area contributed by atoms with Crippen molar-refractivity contribution in [1.29, 1.82) is 0 Å². The summed E-state index contributed by atoms with van der Waals surface area (Å²) in [4.78, 5) is 22.2. The topological polar surface area (TPSA) is 76.7 Å². The Balaban J connectivity index is 2.65. The van der Waals surface area contributed by atoms with E-state index in [0.29, 0.717) is 22.1 Å². The Hall–Kier alpha value is -2.30. The van der Waals surface area contributed by atoms with Crippen LogP contribution in [0.1, 0.15) is 26.5 Å². The standard InChI is InChI=1S/C12H10O5/c1-6-8-5-7(12(15)16-2)3-4-9(8)17-10(6)11(13)14/h3-5H,1-2H3,(H,13,14). The van der Waals surface area contributed by atoms with E-state index in [-0.39, 0.29) is 5.76 Å². The van der Waals surface area contributed by atoms with Crippen molar-refractivity contribution in [2.24, 2.45) is 0 Å². The van der Waals surface area contributed by atoms with Crippen LogP contribution in [0.5, 0.6) is 0 Å². The number of carboxylic acid groups (broad SMARTS) is 1. The van der Waals surface area contributed by atoms with Gasteiger partial charge in [0, 0.05) is 10.9 Å². The van der Waals surface area contributed by atoms with E-state index in [2.05, 4.69) is 4.74 Å². The molecule has 1 heterocycles. The van der Waals surface area contributed by atoms with Gasteiger partial charge >= 0.3 is 11.9 Å². The van der Waals surface area contributed by atoms with Crippen molar-refractivity contribution in [3.8, 4) is 0 Å². The lowest BCUT2D eigenvalue weighted by Crippen LogP contribution is -2.00. The van der Waals surface area contributed by atoms with Gasteiger partial charge in [-0.1, -0.05) is 0 Å². The summed E-state index contributed by atoms with van der Waals surface area (Å²) in [5, 5.41) is 9.51. The average Bonchev–Trinajstić information content (AvgIpc) is 2.65. The van der Waals surface area contributed by atoms with Gasteiger partial charge in [0.2, 0.25) is 5.76 Å². The van der Waals surface area contributed by atoms with E-state index >= 15 is 0 Å². The second-order valence-corrected chi connectivity index (χ2v) is 3.56. The summed E-state index contributed by atoms with van der Waals surface area (Å²) in [5.74, 6) is -1.70. The fourth-order valence-corrected chi connectivity index (χ4v) is 1.67. The Morgan fingerprint density at radius 1 is 1.35 bits per heavy atom. The largest absolute Gasteiger partial charge is 0.475 e. The molecule has 88 valence electrons. The number of esters is 1. The molecule has 0 bridgehead atoms. The molecule has 1 N–H and O–H groups in total. The van der Waals surface area contributed by atoms with Crippen LogP contribution in [0.4, 0.5) is 0 Å². The van der Waals surface area contributed by atoms with Gasteiger partial charge in [-0.15, -0.1) is 0 Å². The number of ether oxygens (including phenoxy) is 1. The first-order valence-corrected chi connectivity index (χ1v) is 4.89. The van der Waals surface area contributed by atoms with Crippen molar-refractivity contribution < 1.29 is 23.8 Å². The number of rotatable bonds is 2. The van der Waals surface area contributed by atoms with E-state index in [1.165, 1.54) is 13.2 Å². The Morgan fingerprint density at radius 2 is 2.06 bits per heavy atom. The molecule has 0 radical (unpaired) electrons. The molecule has 0 aliphatic rings. The third-order valence-corrected chi connectivity index (χ3v) is 2.55. The lowest BCUT2D eigenvalue weighted by Gasteiger charge is -1.98. The van der Waals surface area contributed by atoms with Crippen molar-refractivity contribution >= 4 is 22.9 Å². The van der Waals surface area contributed by atoms with Gasteiger partial charge in [0.05, 0.1) is 12.7 Å². The normalized spacial score (nSPS) is 10.5. The van der Waals surface area contributed by atoms with Gasteiger partial charge in [0.25, 0.3) is 0 Å². The number of hydrogen-bond acceptors (Lipinski definition) is 4. The highest BCUT2D eigenvalue weighted by Gasteiger charge is 2.17. The van der Waals surface area contributed by atoms with Crippen LogP contribution in [-0.4, -0.2) is 24.2 Å². The molecule has 5 nitrogen and oxygen atoms in total. The summed E-state index contributed by atoms with van der Waals surface area (Å²) in [5.41, 5.74) is 1.30. The Labute approximate surface area is 96.6 Å². The molecule has 2 rings (SSSR count). The minimum Gasteiger partial charge on any atom is -0.475 e. The second kappa shape index (κ2) is 3.93. The SMILES string of the molecule is COC(=O)c1ccc2oc(C(=O)O)c(C)c2c1. The molecule has 2 aromatic rings. The van der Waals surface area contributed by atoms with Crippen LogP contribution in [0, 0.1) is 6.92 Å². The molecule has 1 aromatic heterocycles. The first-order chi connectivity index (χ1) is 8.04. The Kier molecular flexibility index (Phi) is 2.59. The summed E-state index contributed by atoms with van der Waals surface area (Å²) in [6.07, 6.45) is 0. The number of furan rings is 1. The zero-order valence-corrected chi connectivity index (χ0v) is 9.31. The fraction of sp³-hybridized carbons (Fsp3) is 0.167. The summed E-state index contributed by atoms with van der Waals surface area (Å²) >= 11 is 0. The molecular formula is C12H10O5. The summed E-state index contributed by atoms with van der Waals surface area (Å²) in [6.45, 7) is 1.64. The van der Waals surface area contributed by atoms with E-state index < -0.39 is 11.9 Å². The fourth-order valence-electron chi connectivity index (χ4n) is 1.67. The van der Waals surface area contributed by atoms with Crippen LogP contribution in [0.3, 0.4) is 0 Å². The summed E-state index contributed by atoms with van der Waals surface area (Å²) in [7, 11) is 1.29. The van der Waals surface area contributed by atoms with Crippen molar-refractivity contribution in [2.45, 2.75) is 6.92 Å². The third kappa shape index (κ3) is 1.75. The number of carbonyl (C=O) groups excluding carboxylic acids is 1.